The maximum absolute atomic E-state index is 13.9. The van der Waals surface area contributed by atoms with Crippen molar-refractivity contribution in [3.05, 3.63) is 70.8 Å². The number of halogens is 2. The molecule has 2 amide bonds. The molecule has 0 bridgehead atoms. The minimum absolute atomic E-state index is 0.0241. The Morgan fingerprint density at radius 2 is 1.93 bits per heavy atom. The van der Waals surface area contributed by atoms with Gasteiger partial charge in [-0.2, -0.15) is 0 Å². The van der Waals surface area contributed by atoms with E-state index < -0.39 is 11.6 Å². The molecular weight excluding hydrogens is 362 g/mol. The fourth-order valence-electron chi connectivity index (χ4n) is 3.46. The van der Waals surface area contributed by atoms with E-state index in [0.29, 0.717) is 19.4 Å². The van der Waals surface area contributed by atoms with Crippen LogP contribution in [0.2, 0.25) is 0 Å². The molecule has 1 atom stereocenters. The minimum atomic E-state index is -0.941. The van der Waals surface area contributed by atoms with Crippen LogP contribution >= 0.6 is 0 Å². The Labute approximate surface area is 163 Å². The maximum Gasteiger partial charge on any atom is 0.223 e. The fraction of sp³-hybridized carbons (Fsp3) is 0.364. The van der Waals surface area contributed by atoms with Crippen molar-refractivity contribution in [3.63, 3.8) is 0 Å². The smallest absolute Gasteiger partial charge is 0.223 e. The van der Waals surface area contributed by atoms with Crippen LogP contribution in [0.1, 0.15) is 36.0 Å². The molecule has 4 nitrogen and oxygen atoms in total. The van der Waals surface area contributed by atoms with Crippen LogP contribution in [0.5, 0.6) is 0 Å². The molecule has 0 spiro atoms. The second-order valence-corrected chi connectivity index (χ2v) is 7.22. The van der Waals surface area contributed by atoms with E-state index in [1.165, 1.54) is 22.6 Å². The number of amides is 2. The van der Waals surface area contributed by atoms with E-state index in [1.807, 2.05) is 31.2 Å². The second-order valence-electron chi connectivity index (χ2n) is 7.22. The van der Waals surface area contributed by atoms with Crippen molar-refractivity contribution < 1.29 is 18.4 Å². The highest BCUT2D eigenvalue weighted by Gasteiger charge is 2.33. The molecule has 148 valence electrons. The zero-order chi connectivity index (χ0) is 20.1. The molecule has 1 unspecified atom stereocenters. The quantitative estimate of drug-likeness (QED) is 0.792. The maximum atomic E-state index is 13.9. The summed E-state index contributed by atoms with van der Waals surface area (Å²) < 4.78 is 27.3. The molecule has 1 saturated heterocycles. The molecule has 1 N–H and O–H groups in total. The normalized spacial score (nSPS) is 16.5. The third-order valence-corrected chi connectivity index (χ3v) is 5.10. The predicted octanol–water partition coefficient (Wildman–Crippen LogP) is 3.51. The zero-order valence-corrected chi connectivity index (χ0v) is 15.9. The summed E-state index contributed by atoms with van der Waals surface area (Å²) in [5.74, 6) is -2.16. The largest absolute Gasteiger partial charge is 0.356 e. The monoisotopic (exact) mass is 386 g/mol. The van der Waals surface area contributed by atoms with Gasteiger partial charge in [-0.15, -0.1) is 0 Å². The number of benzene rings is 2. The van der Waals surface area contributed by atoms with Crippen molar-refractivity contribution in [2.24, 2.45) is 0 Å². The Hall–Kier alpha value is -2.76. The van der Waals surface area contributed by atoms with Crippen LogP contribution in [-0.4, -0.2) is 29.3 Å². The molecule has 1 heterocycles. The van der Waals surface area contributed by atoms with Crippen LogP contribution in [0.25, 0.3) is 0 Å². The van der Waals surface area contributed by atoms with Crippen LogP contribution in [0.15, 0.2) is 42.5 Å². The summed E-state index contributed by atoms with van der Waals surface area (Å²) in [5, 5.41) is 2.88. The van der Waals surface area contributed by atoms with Gasteiger partial charge in [-0.05, 0) is 31.4 Å². The van der Waals surface area contributed by atoms with Gasteiger partial charge in [-0.3, -0.25) is 9.59 Å². The molecule has 2 aromatic rings. The first-order valence-electron chi connectivity index (χ1n) is 9.48. The van der Waals surface area contributed by atoms with Gasteiger partial charge >= 0.3 is 0 Å². The summed E-state index contributed by atoms with van der Waals surface area (Å²) >= 11 is 0. The van der Waals surface area contributed by atoms with Crippen LogP contribution in [0, 0.1) is 18.6 Å². The van der Waals surface area contributed by atoms with Gasteiger partial charge in [0, 0.05) is 37.5 Å². The van der Waals surface area contributed by atoms with Gasteiger partial charge < -0.3 is 10.2 Å². The van der Waals surface area contributed by atoms with Gasteiger partial charge in [0.05, 0.1) is 0 Å². The number of hydrogen-bond acceptors (Lipinski definition) is 2. The van der Waals surface area contributed by atoms with Gasteiger partial charge in [-0.25, -0.2) is 8.78 Å². The first-order valence-corrected chi connectivity index (χ1v) is 9.48. The predicted molar refractivity (Wildman–Crippen MR) is 102 cm³/mol. The minimum Gasteiger partial charge on any atom is -0.356 e. The molecule has 1 aliphatic rings. The van der Waals surface area contributed by atoms with E-state index in [0.717, 1.165) is 18.1 Å². The Morgan fingerprint density at radius 3 is 2.68 bits per heavy atom. The lowest BCUT2D eigenvalue weighted by molar-refractivity contribution is -0.130. The third kappa shape index (κ3) is 4.94. The van der Waals surface area contributed by atoms with Gasteiger partial charge in [0.2, 0.25) is 11.8 Å². The van der Waals surface area contributed by atoms with Gasteiger partial charge in [-0.1, -0.05) is 42.0 Å². The Bertz CT molecular complexity index is 852. The first-order chi connectivity index (χ1) is 13.4. The van der Waals surface area contributed by atoms with Crippen LogP contribution in [-0.2, 0) is 22.6 Å². The summed E-state index contributed by atoms with van der Waals surface area (Å²) in [5.41, 5.74) is 2.46. The molecular formula is C22H24F2N2O2. The van der Waals surface area contributed by atoms with Crippen molar-refractivity contribution in [1.29, 1.82) is 0 Å². The van der Waals surface area contributed by atoms with Crippen molar-refractivity contribution in [2.45, 2.75) is 45.2 Å². The van der Waals surface area contributed by atoms with Crippen molar-refractivity contribution in [3.8, 4) is 0 Å². The molecule has 0 aliphatic carbocycles. The molecule has 3 rings (SSSR count). The summed E-state index contributed by atoms with van der Waals surface area (Å²) in [7, 11) is 0. The van der Waals surface area contributed by atoms with Crippen molar-refractivity contribution in [1.82, 2.24) is 10.2 Å². The number of aryl methyl sites for hydroxylation is 1. The summed E-state index contributed by atoms with van der Waals surface area (Å²) in [6, 6.07) is 11.8. The second kappa shape index (κ2) is 8.95. The average Bonchev–Trinajstić information content (AvgIpc) is 3.00. The van der Waals surface area contributed by atoms with E-state index in [-0.39, 0.29) is 36.4 Å². The lowest BCUT2D eigenvalue weighted by atomic mass is 10.1. The van der Waals surface area contributed by atoms with E-state index in [4.69, 9.17) is 0 Å². The number of carbonyl (C=O) groups is 2. The van der Waals surface area contributed by atoms with E-state index >= 15 is 0 Å². The number of carbonyl (C=O) groups excluding carboxylic acids is 2. The molecule has 0 saturated carbocycles. The molecule has 1 aliphatic heterocycles. The topological polar surface area (TPSA) is 49.4 Å². The number of likely N-dealkylation sites (tertiary alicyclic amines) is 1. The van der Waals surface area contributed by atoms with E-state index in [9.17, 15) is 18.4 Å². The molecule has 0 aromatic heterocycles. The SMILES string of the molecule is Cc1ccc(CCNC(=O)CC2CCC(=O)N2Cc2cccc(F)c2F)cc1. The van der Waals surface area contributed by atoms with E-state index in [2.05, 4.69) is 5.32 Å². The molecule has 0 radical (unpaired) electrons. The lowest BCUT2D eigenvalue weighted by Gasteiger charge is -2.25. The van der Waals surface area contributed by atoms with Crippen LogP contribution in [0.4, 0.5) is 8.78 Å². The fourth-order valence-corrected chi connectivity index (χ4v) is 3.46. The molecule has 6 heteroatoms. The highest BCUT2D eigenvalue weighted by atomic mass is 19.2. The third-order valence-electron chi connectivity index (χ3n) is 5.10. The zero-order valence-electron chi connectivity index (χ0n) is 15.9. The summed E-state index contributed by atoms with van der Waals surface area (Å²) in [6.45, 7) is 2.51. The van der Waals surface area contributed by atoms with Gasteiger partial charge in [0.25, 0.3) is 0 Å². The highest BCUT2D eigenvalue weighted by Crippen LogP contribution is 2.25. The van der Waals surface area contributed by atoms with Crippen molar-refractivity contribution >= 4 is 11.8 Å². The van der Waals surface area contributed by atoms with Crippen molar-refractivity contribution in [2.75, 3.05) is 6.54 Å². The first kappa shape index (κ1) is 20.0. The Kier molecular flexibility index (Phi) is 6.39. The van der Waals surface area contributed by atoms with Gasteiger partial charge in [0.15, 0.2) is 11.6 Å². The number of rotatable bonds is 7. The van der Waals surface area contributed by atoms with E-state index in [1.54, 1.807) is 0 Å². The summed E-state index contributed by atoms with van der Waals surface area (Å²) in [4.78, 5) is 25.9. The highest BCUT2D eigenvalue weighted by molar-refractivity contribution is 5.82. The Morgan fingerprint density at radius 1 is 1.18 bits per heavy atom. The Balaban J connectivity index is 1.53. The van der Waals surface area contributed by atoms with Gasteiger partial charge in [0.1, 0.15) is 0 Å². The standard InChI is InChI=1S/C22H24F2N2O2/c1-15-5-7-16(8-6-15)11-12-25-20(27)13-18-9-10-21(28)26(18)14-17-3-2-4-19(23)22(17)24/h2-8,18H,9-14H2,1H3,(H,25,27). The lowest BCUT2D eigenvalue weighted by Crippen LogP contribution is -2.37. The average molecular weight is 386 g/mol. The molecule has 1 fully saturated rings. The van der Waals surface area contributed by atoms with Crippen LogP contribution in [0.3, 0.4) is 0 Å². The molecule has 2 aromatic carbocycles. The number of nitrogens with one attached hydrogen (secondary N) is 1. The van der Waals surface area contributed by atoms with Crippen LogP contribution < -0.4 is 5.32 Å². The number of nitrogens with zero attached hydrogens (tertiary/aromatic N) is 1. The molecule has 28 heavy (non-hydrogen) atoms. The summed E-state index contributed by atoms with van der Waals surface area (Å²) in [6.07, 6.45) is 1.75. The number of hydrogen-bond donors (Lipinski definition) is 1.